The standard InChI is InChI=1S/C18H20O8S/c1-4-25-17(19)14(27(21,22)12-8-6-5-7-9-12)11-10-13-15(23-2)16(24-3)18(20)26-13/h5-10,14H,4,11H2,1-3H3. The van der Waals surface area contributed by atoms with Gasteiger partial charge >= 0.3 is 11.9 Å². The summed E-state index contributed by atoms with van der Waals surface area (Å²) in [5.41, 5.74) is 0. The molecule has 1 aliphatic heterocycles. The van der Waals surface area contributed by atoms with Gasteiger partial charge < -0.3 is 18.9 Å². The molecule has 0 saturated heterocycles. The van der Waals surface area contributed by atoms with Gasteiger partial charge in [0.1, 0.15) is 0 Å². The molecule has 2 rings (SSSR count). The number of ether oxygens (including phenoxy) is 4. The van der Waals surface area contributed by atoms with Gasteiger partial charge in [-0.25, -0.2) is 13.2 Å². The average molecular weight is 396 g/mol. The molecule has 0 amide bonds. The largest absolute Gasteiger partial charge is 0.490 e. The number of esters is 2. The average Bonchev–Trinajstić information content (AvgIpc) is 2.97. The van der Waals surface area contributed by atoms with Crippen molar-refractivity contribution in [1.29, 1.82) is 0 Å². The number of carbonyl (C=O) groups excluding carboxylic acids is 2. The summed E-state index contributed by atoms with van der Waals surface area (Å²) >= 11 is 0. The minimum absolute atomic E-state index is 0.00930. The molecule has 27 heavy (non-hydrogen) atoms. The molecule has 0 aliphatic carbocycles. The molecule has 0 fully saturated rings. The maximum Gasteiger partial charge on any atom is 0.383 e. The number of allylic oxidation sites excluding steroid dienone is 1. The lowest BCUT2D eigenvalue weighted by Gasteiger charge is -2.15. The maximum atomic E-state index is 12.9. The van der Waals surface area contributed by atoms with Crippen LogP contribution in [0.15, 0.2) is 58.6 Å². The van der Waals surface area contributed by atoms with Crippen molar-refractivity contribution in [3.05, 3.63) is 53.7 Å². The van der Waals surface area contributed by atoms with Crippen molar-refractivity contribution in [2.24, 2.45) is 0 Å². The Bertz CT molecular complexity index is 868. The Morgan fingerprint density at radius 1 is 1.15 bits per heavy atom. The molecular weight excluding hydrogens is 376 g/mol. The third-order valence-electron chi connectivity index (χ3n) is 3.74. The maximum absolute atomic E-state index is 12.9. The fraction of sp³-hybridized carbons (Fsp3) is 0.333. The summed E-state index contributed by atoms with van der Waals surface area (Å²) in [5.74, 6) is -1.78. The van der Waals surface area contributed by atoms with Gasteiger partial charge in [-0.1, -0.05) is 18.2 Å². The molecule has 146 valence electrons. The summed E-state index contributed by atoms with van der Waals surface area (Å²) in [6.07, 6.45) is 1.02. The molecule has 1 aromatic rings. The van der Waals surface area contributed by atoms with Crippen LogP contribution >= 0.6 is 0 Å². The third-order valence-corrected chi connectivity index (χ3v) is 5.80. The number of benzene rings is 1. The van der Waals surface area contributed by atoms with Gasteiger partial charge in [0, 0.05) is 0 Å². The zero-order valence-electron chi connectivity index (χ0n) is 15.1. The van der Waals surface area contributed by atoms with E-state index in [9.17, 15) is 18.0 Å². The van der Waals surface area contributed by atoms with Crippen LogP contribution in [0.5, 0.6) is 0 Å². The van der Waals surface area contributed by atoms with Crippen molar-refractivity contribution in [1.82, 2.24) is 0 Å². The highest BCUT2D eigenvalue weighted by Gasteiger charge is 2.37. The number of carbonyl (C=O) groups is 2. The van der Waals surface area contributed by atoms with Crippen molar-refractivity contribution >= 4 is 21.8 Å². The SMILES string of the molecule is CCOC(=O)C(CC=C1OC(=O)C(OC)=C1OC)S(=O)(=O)c1ccccc1. The highest BCUT2D eigenvalue weighted by atomic mass is 32.2. The summed E-state index contributed by atoms with van der Waals surface area (Å²) in [4.78, 5) is 24.0. The molecular formula is C18H20O8S. The first-order chi connectivity index (χ1) is 12.9. The van der Waals surface area contributed by atoms with Gasteiger partial charge in [-0.2, -0.15) is 0 Å². The van der Waals surface area contributed by atoms with Gasteiger partial charge in [0.25, 0.3) is 5.76 Å². The fourth-order valence-corrected chi connectivity index (χ4v) is 4.01. The molecule has 0 saturated carbocycles. The van der Waals surface area contributed by atoms with Gasteiger partial charge in [-0.15, -0.1) is 0 Å². The highest BCUT2D eigenvalue weighted by Crippen LogP contribution is 2.29. The first-order valence-electron chi connectivity index (χ1n) is 8.07. The molecule has 0 bridgehead atoms. The lowest BCUT2D eigenvalue weighted by Crippen LogP contribution is -2.32. The van der Waals surface area contributed by atoms with E-state index in [1.54, 1.807) is 25.1 Å². The Morgan fingerprint density at radius 2 is 1.78 bits per heavy atom. The Labute approximate surface area is 157 Å². The van der Waals surface area contributed by atoms with Gasteiger partial charge in [-0.3, -0.25) is 4.79 Å². The third kappa shape index (κ3) is 4.30. The number of sulfone groups is 1. The van der Waals surface area contributed by atoms with E-state index in [1.165, 1.54) is 32.4 Å². The van der Waals surface area contributed by atoms with Crippen LogP contribution in [0.4, 0.5) is 0 Å². The molecule has 0 N–H and O–H groups in total. The summed E-state index contributed by atoms with van der Waals surface area (Å²) < 4.78 is 45.7. The molecule has 0 aromatic heterocycles. The van der Waals surface area contributed by atoms with Crippen LogP contribution < -0.4 is 0 Å². The van der Waals surface area contributed by atoms with Crippen molar-refractivity contribution in [2.45, 2.75) is 23.5 Å². The van der Waals surface area contributed by atoms with Gasteiger partial charge in [0.2, 0.25) is 5.76 Å². The van der Waals surface area contributed by atoms with Gasteiger partial charge in [-0.05, 0) is 31.6 Å². The monoisotopic (exact) mass is 396 g/mol. The van der Waals surface area contributed by atoms with Gasteiger partial charge in [0.15, 0.2) is 20.8 Å². The molecule has 0 radical (unpaired) electrons. The van der Waals surface area contributed by atoms with E-state index in [2.05, 4.69) is 0 Å². The first-order valence-corrected chi connectivity index (χ1v) is 9.62. The van der Waals surface area contributed by atoms with Crippen molar-refractivity contribution < 1.29 is 37.0 Å². The summed E-state index contributed by atoms with van der Waals surface area (Å²) in [6, 6.07) is 7.58. The number of cyclic esters (lactones) is 1. The van der Waals surface area contributed by atoms with E-state index >= 15 is 0 Å². The van der Waals surface area contributed by atoms with E-state index in [0.29, 0.717) is 0 Å². The van der Waals surface area contributed by atoms with Crippen LogP contribution in [-0.4, -0.2) is 46.4 Å². The van der Waals surface area contributed by atoms with E-state index < -0.39 is 27.0 Å². The number of methoxy groups -OCH3 is 2. The van der Waals surface area contributed by atoms with E-state index in [-0.39, 0.29) is 35.2 Å². The smallest absolute Gasteiger partial charge is 0.383 e. The lowest BCUT2D eigenvalue weighted by molar-refractivity contribution is -0.142. The molecule has 1 unspecified atom stereocenters. The summed E-state index contributed by atoms with van der Waals surface area (Å²) in [6.45, 7) is 1.61. The number of hydrogen-bond donors (Lipinski definition) is 0. The van der Waals surface area contributed by atoms with Crippen LogP contribution in [0.25, 0.3) is 0 Å². The Hall–Kier alpha value is -2.81. The molecule has 1 heterocycles. The Balaban J connectivity index is 2.39. The topological polar surface area (TPSA) is 105 Å². The predicted octanol–water partition coefficient (Wildman–Crippen LogP) is 1.73. The quantitative estimate of drug-likeness (QED) is 0.612. The van der Waals surface area contributed by atoms with E-state index in [1.807, 2.05) is 0 Å². The van der Waals surface area contributed by atoms with Crippen LogP contribution in [0.2, 0.25) is 0 Å². The second kappa shape index (κ2) is 8.72. The molecule has 1 aliphatic rings. The zero-order chi connectivity index (χ0) is 20.0. The van der Waals surface area contributed by atoms with E-state index in [4.69, 9.17) is 18.9 Å². The summed E-state index contributed by atoms with van der Waals surface area (Å²) in [5, 5.41) is -1.50. The second-order valence-electron chi connectivity index (χ2n) is 5.36. The number of hydrogen-bond acceptors (Lipinski definition) is 8. The van der Waals surface area contributed by atoms with Crippen LogP contribution in [0.3, 0.4) is 0 Å². The fourth-order valence-electron chi connectivity index (χ4n) is 2.47. The first kappa shape index (κ1) is 20.5. The second-order valence-corrected chi connectivity index (χ2v) is 7.49. The molecule has 0 spiro atoms. The Kier molecular flexibility index (Phi) is 6.62. The molecule has 9 heteroatoms. The summed E-state index contributed by atoms with van der Waals surface area (Å²) in [7, 11) is -1.43. The zero-order valence-corrected chi connectivity index (χ0v) is 15.9. The molecule has 8 nitrogen and oxygen atoms in total. The van der Waals surface area contributed by atoms with Crippen LogP contribution in [-0.2, 0) is 38.4 Å². The van der Waals surface area contributed by atoms with Crippen molar-refractivity contribution in [2.75, 3.05) is 20.8 Å². The van der Waals surface area contributed by atoms with Crippen LogP contribution in [0.1, 0.15) is 13.3 Å². The van der Waals surface area contributed by atoms with Crippen molar-refractivity contribution in [3.8, 4) is 0 Å². The van der Waals surface area contributed by atoms with E-state index in [0.717, 1.165) is 0 Å². The molecule has 1 aromatic carbocycles. The predicted molar refractivity (Wildman–Crippen MR) is 93.9 cm³/mol. The number of rotatable bonds is 8. The minimum atomic E-state index is -4.02. The van der Waals surface area contributed by atoms with Crippen LogP contribution in [0, 0.1) is 0 Å². The Morgan fingerprint density at radius 3 is 2.33 bits per heavy atom. The van der Waals surface area contributed by atoms with Crippen molar-refractivity contribution in [3.63, 3.8) is 0 Å². The van der Waals surface area contributed by atoms with Gasteiger partial charge in [0.05, 0.1) is 25.7 Å². The molecule has 1 atom stereocenters. The highest BCUT2D eigenvalue weighted by molar-refractivity contribution is 7.92. The normalized spacial score (nSPS) is 16.9. The lowest BCUT2D eigenvalue weighted by atomic mass is 10.2. The minimum Gasteiger partial charge on any atom is -0.490 e.